The molecular weight excluding hydrogens is 515 g/mol. The predicted molar refractivity (Wildman–Crippen MR) is 139 cm³/mol. The van der Waals surface area contributed by atoms with Gasteiger partial charge in [-0.1, -0.05) is 0 Å². The largest absolute Gasteiger partial charge is 0.457 e. The van der Waals surface area contributed by atoms with Crippen LogP contribution in [0.4, 0.5) is 35.0 Å². The molecule has 39 heavy (non-hydrogen) atoms. The van der Waals surface area contributed by atoms with E-state index in [4.69, 9.17) is 4.74 Å². The summed E-state index contributed by atoms with van der Waals surface area (Å²) in [5.41, 5.74) is -1.56. The first-order valence-electron chi connectivity index (χ1n) is 12.0. The second-order valence-electron chi connectivity index (χ2n) is 9.43. The van der Waals surface area contributed by atoms with Gasteiger partial charge in [-0.3, -0.25) is 14.6 Å². The van der Waals surface area contributed by atoms with E-state index in [-0.39, 0.29) is 35.3 Å². The van der Waals surface area contributed by atoms with E-state index in [1.54, 1.807) is 44.2 Å². The molecule has 0 saturated carbocycles. The molecule has 0 aliphatic carbocycles. The fraction of sp³-hybridized carbons (Fsp3) is 0.259. The maximum Gasteiger partial charge on any atom is 0.418 e. The van der Waals surface area contributed by atoms with E-state index in [0.29, 0.717) is 23.6 Å². The van der Waals surface area contributed by atoms with Gasteiger partial charge in [0.05, 0.1) is 11.3 Å². The van der Waals surface area contributed by atoms with Crippen LogP contribution >= 0.6 is 0 Å². The van der Waals surface area contributed by atoms with E-state index in [1.807, 2.05) is 0 Å². The van der Waals surface area contributed by atoms with E-state index in [2.05, 4.69) is 20.9 Å². The minimum Gasteiger partial charge on any atom is -0.457 e. The minimum atomic E-state index is -4.74. The second-order valence-corrected chi connectivity index (χ2v) is 9.43. The zero-order chi connectivity index (χ0) is 28.4. The number of nitrogens with one attached hydrogen (secondary N) is 3. The van der Waals surface area contributed by atoms with E-state index >= 15 is 0 Å². The van der Waals surface area contributed by atoms with Gasteiger partial charge in [0.1, 0.15) is 17.2 Å². The van der Waals surface area contributed by atoms with Crippen LogP contribution in [0.1, 0.15) is 42.7 Å². The Morgan fingerprint density at radius 2 is 1.64 bits per heavy atom. The van der Waals surface area contributed by atoms with Gasteiger partial charge in [0.25, 0.3) is 5.91 Å². The lowest BCUT2D eigenvalue weighted by atomic mass is 10.00. The first-order valence-corrected chi connectivity index (χ1v) is 12.0. The normalized spacial score (nSPS) is 14.6. The zero-order valence-corrected chi connectivity index (χ0v) is 21.3. The van der Waals surface area contributed by atoms with Crippen LogP contribution < -0.4 is 25.6 Å². The van der Waals surface area contributed by atoms with Gasteiger partial charge in [0.2, 0.25) is 5.91 Å². The Bertz CT molecular complexity index is 1410. The number of benzene rings is 2. The number of aromatic nitrogens is 1. The summed E-state index contributed by atoms with van der Waals surface area (Å²) < 4.78 is 47.5. The fourth-order valence-electron chi connectivity index (χ4n) is 4.23. The van der Waals surface area contributed by atoms with Crippen LogP contribution in [-0.4, -0.2) is 35.4 Å². The lowest BCUT2D eigenvalue weighted by Gasteiger charge is -2.33. The van der Waals surface area contributed by atoms with Crippen molar-refractivity contribution in [2.75, 3.05) is 22.6 Å². The van der Waals surface area contributed by atoms with Gasteiger partial charge >= 0.3 is 12.2 Å². The summed E-state index contributed by atoms with van der Waals surface area (Å²) in [4.78, 5) is 41.7. The van der Waals surface area contributed by atoms with E-state index < -0.39 is 23.3 Å². The summed E-state index contributed by atoms with van der Waals surface area (Å²) in [6.07, 6.45) is -2.71. The predicted octanol–water partition coefficient (Wildman–Crippen LogP) is 5.80. The van der Waals surface area contributed by atoms with Crippen LogP contribution in [0.2, 0.25) is 0 Å². The number of ether oxygens (including phenoxy) is 1. The van der Waals surface area contributed by atoms with Crippen molar-refractivity contribution in [3.63, 3.8) is 0 Å². The number of nitrogens with zero attached hydrogens (tertiary/aromatic N) is 2. The third-order valence-corrected chi connectivity index (χ3v) is 6.15. The summed E-state index contributed by atoms with van der Waals surface area (Å²) in [6, 6.07) is 11.9. The molecule has 1 aliphatic rings. The maximum absolute atomic E-state index is 13.9. The number of alkyl halides is 3. The lowest BCUT2D eigenvalue weighted by Crippen LogP contribution is -2.42. The summed E-state index contributed by atoms with van der Waals surface area (Å²) >= 11 is 0. The topological polar surface area (TPSA) is 113 Å². The van der Waals surface area contributed by atoms with Crippen molar-refractivity contribution >= 4 is 34.9 Å². The number of halogens is 3. The Labute approximate surface area is 222 Å². The number of hydrogen-bond acceptors (Lipinski definition) is 5. The maximum atomic E-state index is 13.9. The van der Waals surface area contributed by atoms with Crippen LogP contribution in [0, 0.1) is 0 Å². The van der Waals surface area contributed by atoms with Gasteiger partial charge in [-0.25, -0.2) is 4.79 Å². The third kappa shape index (κ3) is 6.28. The molecule has 9 nitrogen and oxygen atoms in total. The molecule has 3 N–H and O–H groups in total. The molecule has 0 bridgehead atoms. The van der Waals surface area contributed by atoms with Crippen molar-refractivity contribution in [2.24, 2.45) is 0 Å². The highest BCUT2D eigenvalue weighted by Crippen LogP contribution is 2.43. The number of hydrogen-bond donors (Lipinski definition) is 3. The SMILES string of the molecule is CNC(=O)c1cc(Oc2ccc(NC(=O)Nc3ccc(N4C(=O)CCC4(C)C)c(C(F)(F)F)c3)cc2)ccn1. The fourth-order valence-corrected chi connectivity index (χ4v) is 4.23. The molecule has 1 saturated heterocycles. The van der Waals surface area contributed by atoms with Crippen LogP contribution in [0.15, 0.2) is 60.8 Å². The Balaban J connectivity index is 1.44. The van der Waals surface area contributed by atoms with Crippen molar-refractivity contribution in [3.05, 3.63) is 72.1 Å². The molecule has 1 fully saturated rings. The van der Waals surface area contributed by atoms with Gasteiger partial charge < -0.3 is 25.6 Å². The van der Waals surface area contributed by atoms with Crippen molar-refractivity contribution in [1.82, 2.24) is 10.3 Å². The summed E-state index contributed by atoms with van der Waals surface area (Å²) in [6.45, 7) is 3.43. The van der Waals surface area contributed by atoms with Crippen molar-refractivity contribution in [2.45, 2.75) is 38.4 Å². The van der Waals surface area contributed by atoms with E-state index in [9.17, 15) is 27.6 Å². The molecule has 0 unspecified atom stereocenters. The highest BCUT2D eigenvalue weighted by Gasteiger charge is 2.43. The molecule has 3 aromatic rings. The Morgan fingerprint density at radius 3 is 2.26 bits per heavy atom. The first kappa shape index (κ1) is 27.4. The van der Waals surface area contributed by atoms with E-state index in [1.165, 1.54) is 36.3 Å². The molecule has 0 radical (unpaired) electrons. The quantitative estimate of drug-likeness (QED) is 0.365. The van der Waals surface area contributed by atoms with Crippen LogP contribution in [0.3, 0.4) is 0 Å². The monoisotopic (exact) mass is 541 g/mol. The second kappa shape index (κ2) is 10.6. The molecule has 2 aromatic carbocycles. The lowest BCUT2D eigenvalue weighted by molar-refractivity contribution is -0.137. The standard InChI is InChI=1S/C27H26F3N5O4/c1-26(2)12-10-23(36)35(26)22-9-6-17(14-20(22)27(28,29)30)34-25(38)33-16-4-7-18(8-5-16)39-19-11-13-32-21(15-19)24(37)31-3/h4-9,11,13-15H,10,12H2,1-3H3,(H,31,37)(H2,33,34,38). The first-order chi connectivity index (χ1) is 18.4. The smallest absolute Gasteiger partial charge is 0.418 e. The summed E-state index contributed by atoms with van der Waals surface area (Å²) in [5, 5.41) is 7.42. The molecule has 4 amide bonds. The number of carbonyl (C=O) groups is 3. The Hall–Kier alpha value is -4.61. The van der Waals surface area contributed by atoms with Gasteiger partial charge in [-0.2, -0.15) is 13.2 Å². The van der Waals surface area contributed by atoms with Crippen LogP contribution in [0.5, 0.6) is 11.5 Å². The number of pyridine rings is 1. The van der Waals surface area contributed by atoms with Crippen molar-refractivity contribution in [3.8, 4) is 11.5 Å². The number of urea groups is 1. The highest BCUT2D eigenvalue weighted by atomic mass is 19.4. The van der Waals surface area contributed by atoms with Gasteiger partial charge in [-0.05, 0) is 68.8 Å². The molecule has 0 spiro atoms. The summed E-state index contributed by atoms with van der Waals surface area (Å²) in [7, 11) is 1.49. The highest BCUT2D eigenvalue weighted by molar-refractivity contribution is 6.01. The van der Waals surface area contributed by atoms with Gasteiger partial charge in [-0.15, -0.1) is 0 Å². The number of rotatable bonds is 6. The van der Waals surface area contributed by atoms with Gasteiger partial charge in [0, 0.05) is 42.6 Å². The Kier molecular flexibility index (Phi) is 7.48. The average molecular weight is 542 g/mol. The molecule has 4 rings (SSSR count). The molecule has 1 aliphatic heterocycles. The third-order valence-electron chi connectivity index (χ3n) is 6.15. The minimum absolute atomic E-state index is 0.0856. The van der Waals surface area contributed by atoms with Crippen LogP contribution in [0.25, 0.3) is 0 Å². The molecule has 1 aromatic heterocycles. The molecule has 12 heteroatoms. The van der Waals surface area contributed by atoms with E-state index in [0.717, 1.165) is 6.07 Å². The molecule has 0 atom stereocenters. The molecule has 204 valence electrons. The summed E-state index contributed by atoms with van der Waals surface area (Å²) in [5.74, 6) is 0.0494. The number of carbonyl (C=O) groups excluding carboxylic acids is 3. The zero-order valence-electron chi connectivity index (χ0n) is 21.3. The van der Waals surface area contributed by atoms with Gasteiger partial charge in [0.15, 0.2) is 0 Å². The molecule has 2 heterocycles. The van der Waals surface area contributed by atoms with Crippen molar-refractivity contribution in [1.29, 1.82) is 0 Å². The number of anilines is 3. The molecular formula is C27H26F3N5O4. The number of amides is 4. The Morgan fingerprint density at radius 1 is 0.974 bits per heavy atom. The average Bonchev–Trinajstić information content (AvgIpc) is 3.16. The van der Waals surface area contributed by atoms with Crippen LogP contribution in [-0.2, 0) is 11.0 Å². The van der Waals surface area contributed by atoms with Crippen molar-refractivity contribution < 1.29 is 32.3 Å².